The number of aryl methyl sites for hydroxylation is 1. The van der Waals surface area contributed by atoms with Crippen molar-refractivity contribution in [2.24, 2.45) is 16.3 Å². The van der Waals surface area contributed by atoms with E-state index in [-0.39, 0.29) is 17.4 Å². The van der Waals surface area contributed by atoms with Gasteiger partial charge in [0.25, 0.3) is 0 Å². The fourth-order valence-electron chi connectivity index (χ4n) is 8.17. The molecule has 7 rings (SSSR count). The van der Waals surface area contributed by atoms with Gasteiger partial charge in [0.2, 0.25) is 17.4 Å². The topological polar surface area (TPSA) is 42.3 Å². The second-order valence-electron chi connectivity index (χ2n) is 17.1. The van der Waals surface area contributed by atoms with Crippen LogP contribution in [0, 0.1) is 11.3 Å². The van der Waals surface area contributed by atoms with Crippen LogP contribution in [0.25, 0.3) is 33.3 Å². The smallest absolute Gasteiger partial charge is 0.227 e. The number of furan rings is 1. The van der Waals surface area contributed by atoms with E-state index < -0.39 is 8.07 Å². The van der Waals surface area contributed by atoms with Crippen molar-refractivity contribution in [2.75, 3.05) is 0 Å². The van der Waals surface area contributed by atoms with Crippen LogP contribution in [-0.4, -0.2) is 18.8 Å². The van der Waals surface area contributed by atoms with E-state index in [1.54, 1.807) is 0 Å². The molecule has 252 valence electrons. The summed E-state index contributed by atoms with van der Waals surface area (Å²) in [5.74, 6) is 1.05. The molecular weight excluding hydrogens is 615 g/mol. The predicted molar refractivity (Wildman–Crippen MR) is 209 cm³/mol. The fraction of sp³-hybridized carbons (Fsp3) is 0.386. The lowest BCUT2D eigenvalue weighted by Gasteiger charge is -2.33. The van der Waals surface area contributed by atoms with Crippen molar-refractivity contribution in [3.63, 3.8) is 0 Å². The minimum Gasteiger partial charge on any atom is -0.437 e. The van der Waals surface area contributed by atoms with E-state index in [2.05, 4.69) is 133 Å². The minimum atomic E-state index is -1.70. The highest BCUT2D eigenvalue weighted by atomic mass is 28.3. The largest absolute Gasteiger partial charge is 0.437 e. The fourth-order valence-corrected chi connectivity index (χ4v) is 9.82. The molecule has 3 unspecified atom stereocenters. The molecule has 5 heterocycles. The van der Waals surface area contributed by atoms with Gasteiger partial charge in [0, 0.05) is 44.8 Å². The van der Waals surface area contributed by atoms with Crippen LogP contribution in [0.5, 0.6) is 0 Å². The summed E-state index contributed by atoms with van der Waals surface area (Å²) < 4.78 is 9.23. The molecule has 0 amide bonds. The number of hydrogen-bond acceptors (Lipinski definition) is 3. The quantitative estimate of drug-likeness (QED) is 0.138. The molecule has 0 bridgehead atoms. The molecule has 0 saturated carbocycles. The Labute approximate surface area is 293 Å². The Kier molecular flexibility index (Phi) is 8.21. The number of aliphatic imine (C=N–C) groups is 1. The van der Waals surface area contributed by atoms with Gasteiger partial charge >= 0.3 is 0 Å². The van der Waals surface area contributed by atoms with Crippen molar-refractivity contribution in [3.05, 3.63) is 114 Å². The Morgan fingerprint density at radius 2 is 1.76 bits per heavy atom. The molecule has 3 aromatic heterocycles. The van der Waals surface area contributed by atoms with Gasteiger partial charge in [-0.3, -0.25) is 0 Å². The van der Waals surface area contributed by atoms with Gasteiger partial charge in [-0.1, -0.05) is 105 Å². The molecule has 2 aliphatic rings. The van der Waals surface area contributed by atoms with Gasteiger partial charge in [-0.15, -0.1) is 0 Å². The highest BCUT2D eigenvalue weighted by Gasteiger charge is 2.44. The Balaban J connectivity index is 1.44. The molecule has 0 N–H and O–H groups in total. The summed E-state index contributed by atoms with van der Waals surface area (Å²) >= 11 is 0. The van der Waals surface area contributed by atoms with Gasteiger partial charge in [0.1, 0.15) is 11.3 Å². The first-order valence-electron chi connectivity index (χ1n) is 18.1. The molecular formula is C44H52N3OSi+. The van der Waals surface area contributed by atoms with Crippen molar-refractivity contribution in [2.45, 2.75) is 98.3 Å². The Hall–Kier alpha value is -4.09. The van der Waals surface area contributed by atoms with Crippen molar-refractivity contribution in [3.8, 4) is 11.3 Å². The molecule has 2 aromatic carbocycles. The Morgan fingerprint density at radius 1 is 1.02 bits per heavy atom. The minimum absolute atomic E-state index is 0.0131. The molecule has 4 nitrogen and oxygen atoms in total. The summed E-state index contributed by atoms with van der Waals surface area (Å²) in [5.41, 5.74) is 12.2. The molecule has 0 fully saturated rings. The third-order valence-electron chi connectivity index (χ3n) is 10.9. The van der Waals surface area contributed by atoms with E-state index >= 15 is 0 Å². The van der Waals surface area contributed by atoms with Gasteiger partial charge in [-0.05, 0) is 71.6 Å². The first-order valence-corrected chi connectivity index (χ1v) is 21.6. The second-order valence-corrected chi connectivity index (χ2v) is 22.1. The molecule has 2 aliphatic heterocycles. The zero-order valence-corrected chi connectivity index (χ0v) is 31.9. The number of nitrogens with zero attached hydrogens (tertiary/aromatic N) is 3. The van der Waals surface area contributed by atoms with Crippen LogP contribution >= 0.6 is 0 Å². The maximum absolute atomic E-state index is 6.69. The third kappa shape index (κ3) is 5.84. The Morgan fingerprint density at radius 3 is 2.45 bits per heavy atom. The molecule has 49 heavy (non-hydrogen) atoms. The van der Waals surface area contributed by atoms with Crippen LogP contribution in [0.15, 0.2) is 95.1 Å². The van der Waals surface area contributed by atoms with E-state index in [0.717, 1.165) is 58.3 Å². The summed E-state index contributed by atoms with van der Waals surface area (Å²) in [4.78, 5) is 10.4. The molecule has 0 spiro atoms. The number of rotatable bonds is 5. The van der Waals surface area contributed by atoms with Crippen molar-refractivity contribution >= 4 is 41.0 Å². The molecule has 0 radical (unpaired) electrons. The van der Waals surface area contributed by atoms with Crippen LogP contribution in [0.3, 0.4) is 0 Å². The first-order chi connectivity index (χ1) is 23.2. The SMILES string of the molecule is C=C/C1=N/C(=C)C2C(CCc3ccc4c(oc5nc(C(C)C(C)C)ccc54)c31)c1ccccc1-c1cc(CC(C)(C)C)c([Si](C)(C)C)c[n+]12. The summed E-state index contributed by atoms with van der Waals surface area (Å²) in [6.07, 6.45) is 7.28. The average Bonchev–Trinajstić information content (AvgIpc) is 3.43. The number of fused-ring (bicyclic) bond motifs is 11. The van der Waals surface area contributed by atoms with Gasteiger partial charge in [0.05, 0.1) is 19.7 Å². The van der Waals surface area contributed by atoms with Crippen molar-refractivity contribution in [1.82, 2.24) is 4.98 Å². The van der Waals surface area contributed by atoms with Gasteiger partial charge in [-0.25, -0.2) is 9.98 Å². The third-order valence-corrected chi connectivity index (χ3v) is 13.0. The van der Waals surface area contributed by atoms with Crippen LogP contribution in [-0.2, 0) is 12.8 Å². The zero-order chi connectivity index (χ0) is 35.0. The van der Waals surface area contributed by atoms with Crippen LogP contribution in [0.2, 0.25) is 19.6 Å². The van der Waals surface area contributed by atoms with E-state index in [0.29, 0.717) is 17.5 Å². The molecule has 0 saturated heterocycles. The van der Waals surface area contributed by atoms with Crippen LogP contribution in [0.1, 0.15) is 93.8 Å². The Bertz CT molecular complexity index is 2170. The highest BCUT2D eigenvalue weighted by molar-refractivity contribution is 6.89. The summed E-state index contributed by atoms with van der Waals surface area (Å²) in [6.45, 7) is 30.2. The van der Waals surface area contributed by atoms with Crippen LogP contribution < -0.4 is 9.75 Å². The van der Waals surface area contributed by atoms with E-state index in [1.807, 2.05) is 6.08 Å². The normalized spacial score (nSPS) is 19.6. The lowest BCUT2D eigenvalue weighted by atomic mass is 9.78. The number of allylic oxidation sites excluding steroid dienone is 2. The van der Waals surface area contributed by atoms with E-state index in [1.165, 1.54) is 33.1 Å². The first kappa shape index (κ1) is 33.4. The summed E-state index contributed by atoms with van der Waals surface area (Å²) in [6, 6.07) is 20.3. The summed E-state index contributed by atoms with van der Waals surface area (Å²) in [7, 11) is -1.70. The zero-order valence-electron chi connectivity index (χ0n) is 30.9. The number of benzene rings is 2. The average molecular weight is 667 g/mol. The van der Waals surface area contributed by atoms with Gasteiger partial charge < -0.3 is 4.42 Å². The van der Waals surface area contributed by atoms with Crippen molar-refractivity contribution < 1.29 is 8.98 Å². The number of hydrogen-bond donors (Lipinski definition) is 0. The van der Waals surface area contributed by atoms with Crippen LogP contribution in [0.4, 0.5) is 0 Å². The molecule has 5 aromatic rings. The molecule has 0 aliphatic carbocycles. The van der Waals surface area contributed by atoms with E-state index in [9.17, 15) is 0 Å². The second kappa shape index (κ2) is 12.0. The monoisotopic (exact) mass is 666 g/mol. The standard InChI is InChI=1S/C44H52N3OSi/c1-12-36-40-29(18-20-34-35-21-22-37(27(4)26(2)3)46-43(35)48-42(34)40)17-19-33-31-15-13-14-16-32(31)38-23-30(24-44(6,7)8)39(49(9,10)11)25-47(38)41(33)28(5)45-36/h12-16,18,20-23,25-27,33,41H,1,5,17,19,24H2,2-4,6-11H3/q+1/b45-36-. The number of aromatic nitrogens is 2. The maximum Gasteiger partial charge on any atom is 0.227 e. The predicted octanol–water partition coefficient (Wildman–Crippen LogP) is 10.6. The van der Waals surface area contributed by atoms with Crippen molar-refractivity contribution in [1.29, 1.82) is 0 Å². The lowest BCUT2D eigenvalue weighted by molar-refractivity contribution is -0.708. The lowest BCUT2D eigenvalue weighted by Crippen LogP contribution is -2.54. The number of pyridine rings is 2. The summed E-state index contributed by atoms with van der Waals surface area (Å²) in [5, 5.41) is 3.63. The maximum atomic E-state index is 6.69. The molecule has 5 heteroatoms. The van der Waals surface area contributed by atoms with Gasteiger partial charge in [-0.2, -0.15) is 4.57 Å². The van der Waals surface area contributed by atoms with Gasteiger partial charge in [0.15, 0.2) is 6.20 Å². The van der Waals surface area contributed by atoms with E-state index in [4.69, 9.17) is 21.0 Å². The molecule has 3 atom stereocenters. The highest BCUT2D eigenvalue weighted by Crippen LogP contribution is 2.45.